The molecular formula is C16H16IN3O6. The molecule has 0 aliphatic carbocycles. The Morgan fingerprint density at radius 2 is 1.69 bits per heavy atom. The van der Waals surface area contributed by atoms with Crippen molar-refractivity contribution in [1.29, 1.82) is 0 Å². The van der Waals surface area contributed by atoms with Gasteiger partial charge in [-0.2, -0.15) is 0 Å². The van der Waals surface area contributed by atoms with Crippen LogP contribution < -0.4 is 21.7 Å². The van der Waals surface area contributed by atoms with Crippen LogP contribution in [-0.4, -0.2) is 34.1 Å². The number of Topliss-reactive ketones (excluding diaryl/α,β-unsaturated/α-hetero) is 1. The third kappa shape index (κ3) is 4.31. The van der Waals surface area contributed by atoms with Crippen molar-refractivity contribution < 1.29 is 19.1 Å². The summed E-state index contributed by atoms with van der Waals surface area (Å²) in [4.78, 5) is 47.7. The molecule has 0 atom stereocenters. The lowest BCUT2D eigenvalue weighted by molar-refractivity contribution is -0.144. The minimum atomic E-state index is -0.846. The van der Waals surface area contributed by atoms with E-state index in [4.69, 9.17) is 15.2 Å². The molecule has 0 bridgehead atoms. The fraction of sp³-hybridized carbons (Fsp3) is 0.250. The van der Waals surface area contributed by atoms with Crippen molar-refractivity contribution in [2.75, 3.05) is 18.9 Å². The quantitative estimate of drug-likeness (QED) is 0.358. The number of benzene rings is 1. The third-order valence-electron chi connectivity index (χ3n) is 3.52. The third-order valence-corrected chi connectivity index (χ3v) is 4.24. The van der Waals surface area contributed by atoms with Crippen LogP contribution in [0.3, 0.4) is 0 Å². The molecule has 0 fully saturated rings. The normalized spacial score (nSPS) is 10.4. The predicted octanol–water partition coefficient (Wildman–Crippen LogP) is 0.0757. The highest BCUT2D eigenvalue weighted by atomic mass is 127. The number of esters is 1. The van der Waals surface area contributed by atoms with Gasteiger partial charge < -0.3 is 15.2 Å². The fourth-order valence-electron chi connectivity index (χ4n) is 2.05. The molecule has 2 aromatic rings. The Morgan fingerprint density at radius 3 is 2.31 bits per heavy atom. The highest BCUT2D eigenvalue weighted by molar-refractivity contribution is 14.1. The lowest BCUT2D eigenvalue weighted by Crippen LogP contribution is -2.42. The summed E-state index contributed by atoms with van der Waals surface area (Å²) in [5.41, 5.74) is 3.76. The average Bonchev–Trinajstić information content (AvgIpc) is 2.62. The van der Waals surface area contributed by atoms with Crippen LogP contribution in [0, 0.1) is 3.57 Å². The molecule has 0 aliphatic rings. The van der Waals surface area contributed by atoms with Crippen LogP contribution in [0.1, 0.15) is 10.4 Å². The SMILES string of the molecule is Cn1c(N)c(C(=O)COC(=O)COc2ccc(I)cc2)c(=O)n(C)c1=O. The molecule has 9 nitrogen and oxygen atoms in total. The molecule has 138 valence electrons. The van der Waals surface area contributed by atoms with Gasteiger partial charge in [-0.15, -0.1) is 0 Å². The van der Waals surface area contributed by atoms with E-state index in [2.05, 4.69) is 22.6 Å². The van der Waals surface area contributed by atoms with Crippen molar-refractivity contribution in [3.8, 4) is 5.75 Å². The molecule has 0 amide bonds. The topological polar surface area (TPSA) is 123 Å². The summed E-state index contributed by atoms with van der Waals surface area (Å²) in [5, 5.41) is 0. The highest BCUT2D eigenvalue weighted by Gasteiger charge is 2.21. The maximum Gasteiger partial charge on any atom is 0.344 e. The van der Waals surface area contributed by atoms with Crippen LogP contribution in [0.5, 0.6) is 5.75 Å². The molecule has 2 N–H and O–H groups in total. The predicted molar refractivity (Wildman–Crippen MR) is 101 cm³/mol. The summed E-state index contributed by atoms with van der Waals surface area (Å²) in [5.74, 6) is -1.39. The largest absolute Gasteiger partial charge is 0.482 e. The van der Waals surface area contributed by atoms with Gasteiger partial charge >= 0.3 is 11.7 Å². The molecule has 0 unspecified atom stereocenters. The molecule has 1 aromatic carbocycles. The number of nitrogen functional groups attached to an aromatic ring is 1. The summed E-state index contributed by atoms with van der Waals surface area (Å²) in [6, 6.07) is 7.00. The second-order valence-corrected chi connectivity index (χ2v) is 6.54. The van der Waals surface area contributed by atoms with E-state index in [1.165, 1.54) is 14.1 Å². The van der Waals surface area contributed by atoms with Crippen LogP contribution in [0.2, 0.25) is 0 Å². The number of hydrogen-bond acceptors (Lipinski definition) is 7. The molecule has 10 heteroatoms. The summed E-state index contributed by atoms with van der Waals surface area (Å²) < 4.78 is 12.8. The summed E-state index contributed by atoms with van der Waals surface area (Å²) >= 11 is 2.13. The van der Waals surface area contributed by atoms with Crippen molar-refractivity contribution in [1.82, 2.24) is 9.13 Å². The summed E-state index contributed by atoms with van der Waals surface area (Å²) in [6.45, 7) is -1.08. The number of ketones is 1. The number of nitrogens with zero attached hydrogens (tertiary/aromatic N) is 2. The van der Waals surface area contributed by atoms with Crippen molar-refractivity contribution in [3.05, 3.63) is 54.2 Å². The van der Waals surface area contributed by atoms with Gasteiger partial charge in [0, 0.05) is 17.7 Å². The Labute approximate surface area is 161 Å². The van der Waals surface area contributed by atoms with Crippen molar-refractivity contribution in [2.24, 2.45) is 14.1 Å². The molecule has 0 saturated heterocycles. The van der Waals surface area contributed by atoms with Crippen LogP contribution in [0.4, 0.5) is 5.82 Å². The molecule has 0 aliphatic heterocycles. The Bertz CT molecular complexity index is 962. The van der Waals surface area contributed by atoms with Crippen LogP contribution >= 0.6 is 22.6 Å². The zero-order valence-corrected chi connectivity index (χ0v) is 16.2. The van der Waals surface area contributed by atoms with E-state index in [9.17, 15) is 19.2 Å². The smallest absolute Gasteiger partial charge is 0.344 e. The van der Waals surface area contributed by atoms with E-state index < -0.39 is 41.8 Å². The van der Waals surface area contributed by atoms with Crippen LogP contribution in [0.25, 0.3) is 0 Å². The Hall–Kier alpha value is -2.63. The average molecular weight is 473 g/mol. The molecule has 26 heavy (non-hydrogen) atoms. The lowest BCUT2D eigenvalue weighted by atomic mass is 10.2. The monoisotopic (exact) mass is 473 g/mol. The van der Waals surface area contributed by atoms with Crippen molar-refractivity contribution >= 4 is 40.2 Å². The maximum atomic E-state index is 12.2. The van der Waals surface area contributed by atoms with Gasteiger partial charge in [0.05, 0.1) is 0 Å². The Balaban J connectivity index is 2.00. The minimum absolute atomic E-state index is 0.283. The van der Waals surface area contributed by atoms with Gasteiger partial charge in [0.1, 0.15) is 17.1 Å². The lowest BCUT2D eigenvalue weighted by Gasteiger charge is -2.11. The molecule has 1 aromatic heterocycles. The number of aromatic nitrogens is 2. The van der Waals surface area contributed by atoms with E-state index in [0.29, 0.717) is 5.75 Å². The number of carbonyl (C=O) groups is 2. The van der Waals surface area contributed by atoms with Gasteiger partial charge in [0.25, 0.3) is 5.56 Å². The van der Waals surface area contributed by atoms with E-state index >= 15 is 0 Å². The maximum absolute atomic E-state index is 12.2. The van der Waals surface area contributed by atoms with E-state index in [1.807, 2.05) is 12.1 Å². The van der Waals surface area contributed by atoms with Crippen LogP contribution in [0.15, 0.2) is 33.9 Å². The van der Waals surface area contributed by atoms with Crippen LogP contribution in [-0.2, 0) is 23.6 Å². The van der Waals surface area contributed by atoms with Gasteiger partial charge in [-0.1, -0.05) is 0 Å². The van der Waals surface area contributed by atoms with Gasteiger partial charge in [-0.05, 0) is 46.9 Å². The standard InChI is InChI=1S/C16H16IN3O6/c1-19-14(18)13(15(23)20(2)16(19)24)11(21)7-26-12(22)8-25-10-5-3-9(17)4-6-10/h3-6H,7-8,18H2,1-2H3. The number of carbonyl (C=O) groups excluding carboxylic acids is 2. The number of hydrogen-bond donors (Lipinski definition) is 1. The second-order valence-electron chi connectivity index (χ2n) is 5.29. The zero-order valence-electron chi connectivity index (χ0n) is 14.0. The summed E-state index contributed by atoms with van der Waals surface area (Å²) in [7, 11) is 2.55. The van der Waals surface area contributed by atoms with Gasteiger partial charge in [-0.3, -0.25) is 18.7 Å². The van der Waals surface area contributed by atoms with Gasteiger partial charge in [0.15, 0.2) is 13.2 Å². The fourth-order valence-corrected chi connectivity index (χ4v) is 2.41. The van der Waals surface area contributed by atoms with E-state index in [-0.39, 0.29) is 5.82 Å². The first kappa shape index (κ1) is 19.7. The van der Waals surface area contributed by atoms with Crippen molar-refractivity contribution in [3.63, 3.8) is 0 Å². The number of ether oxygens (including phenoxy) is 2. The number of halogens is 1. The van der Waals surface area contributed by atoms with Crippen molar-refractivity contribution in [2.45, 2.75) is 0 Å². The summed E-state index contributed by atoms with van der Waals surface area (Å²) in [6.07, 6.45) is 0. The van der Waals surface area contributed by atoms with Gasteiger partial charge in [-0.25, -0.2) is 9.59 Å². The minimum Gasteiger partial charge on any atom is -0.482 e. The molecule has 0 radical (unpaired) electrons. The van der Waals surface area contributed by atoms with E-state index in [1.54, 1.807) is 12.1 Å². The number of nitrogens with two attached hydrogens (primary N) is 1. The molecule has 1 heterocycles. The number of rotatable bonds is 6. The zero-order chi connectivity index (χ0) is 19.4. The first-order valence-electron chi connectivity index (χ1n) is 7.35. The molecule has 0 spiro atoms. The molecule has 2 rings (SSSR count). The first-order chi connectivity index (χ1) is 12.2. The van der Waals surface area contributed by atoms with Gasteiger partial charge in [0.2, 0.25) is 5.78 Å². The Morgan fingerprint density at radius 1 is 1.08 bits per heavy atom. The highest BCUT2D eigenvalue weighted by Crippen LogP contribution is 2.13. The number of anilines is 1. The molecule has 0 saturated carbocycles. The Kier molecular flexibility index (Phi) is 6.18. The second kappa shape index (κ2) is 8.17. The molecular weight excluding hydrogens is 457 g/mol. The van der Waals surface area contributed by atoms with E-state index in [0.717, 1.165) is 12.7 Å². The first-order valence-corrected chi connectivity index (χ1v) is 8.43.